The Balaban J connectivity index is 2.20. The number of benzene rings is 1. The molecular weight excluding hydrogens is 468 g/mol. The van der Waals surface area contributed by atoms with Gasteiger partial charge < -0.3 is 20.3 Å². The molecule has 0 bridgehead atoms. The molecule has 0 spiro atoms. The van der Waals surface area contributed by atoms with Crippen molar-refractivity contribution in [3.8, 4) is 0 Å². The van der Waals surface area contributed by atoms with Crippen molar-refractivity contribution in [3.05, 3.63) is 29.8 Å². The van der Waals surface area contributed by atoms with Crippen LogP contribution in [0.4, 0.5) is 18.0 Å². The minimum atomic E-state index is -4.48. The molecule has 1 heterocycles. The molecule has 9 nitrogen and oxygen atoms in total. The number of ether oxygens (including phenoxy) is 1. The van der Waals surface area contributed by atoms with Gasteiger partial charge in [-0.2, -0.15) is 13.2 Å². The number of Topliss-reactive ketones (excluding diaryl/α,β-unsaturated/α-hetero) is 1. The van der Waals surface area contributed by atoms with Gasteiger partial charge in [-0.3, -0.25) is 19.3 Å². The maximum atomic E-state index is 13.3. The van der Waals surface area contributed by atoms with Crippen molar-refractivity contribution < 1.29 is 37.1 Å². The summed E-state index contributed by atoms with van der Waals surface area (Å²) in [5, 5.41) is 4.87. The molecule has 1 saturated heterocycles. The van der Waals surface area contributed by atoms with Crippen molar-refractivity contribution in [1.82, 2.24) is 20.4 Å². The Morgan fingerprint density at radius 2 is 1.77 bits per heavy atom. The lowest BCUT2D eigenvalue weighted by Crippen LogP contribution is -2.65. The molecule has 0 aliphatic carbocycles. The van der Waals surface area contributed by atoms with E-state index in [9.17, 15) is 32.3 Å². The average Bonchev–Trinajstić information content (AvgIpc) is 2.79. The minimum absolute atomic E-state index is 0.111. The number of nitrogens with one attached hydrogen (secondary N) is 2. The van der Waals surface area contributed by atoms with Crippen LogP contribution in [0.2, 0.25) is 0 Å². The van der Waals surface area contributed by atoms with Gasteiger partial charge in [-0.05, 0) is 5.92 Å². The molecule has 1 aromatic rings. The van der Waals surface area contributed by atoms with Gasteiger partial charge in [-0.25, -0.2) is 4.79 Å². The van der Waals surface area contributed by atoms with Crippen LogP contribution < -0.4 is 16.1 Å². The summed E-state index contributed by atoms with van der Waals surface area (Å²) in [7, 11) is 2.99. The molecule has 13 heteroatoms. The summed E-state index contributed by atoms with van der Waals surface area (Å²) in [4.78, 5) is 52.6. The fourth-order valence-corrected chi connectivity index (χ4v) is 3.73. The Morgan fingerprint density at radius 3 is 2.31 bits per heavy atom. The third-order valence-corrected chi connectivity index (χ3v) is 5.64. The first kappa shape index (κ1) is 28.2. The van der Waals surface area contributed by atoms with Gasteiger partial charge in [0.15, 0.2) is 5.78 Å². The Hall–Kier alpha value is -3.09. The van der Waals surface area contributed by atoms with Crippen LogP contribution in [0, 0.1) is 5.92 Å². The van der Waals surface area contributed by atoms with E-state index in [4.69, 9.17) is 0 Å². The molecule has 192 valence electrons. The summed E-state index contributed by atoms with van der Waals surface area (Å²) in [6.45, 7) is 1.08. The van der Waals surface area contributed by atoms with Crippen molar-refractivity contribution in [1.29, 1.82) is 0 Å². The molecule has 2 atom stereocenters. The van der Waals surface area contributed by atoms with Gasteiger partial charge in [0.1, 0.15) is 19.9 Å². The summed E-state index contributed by atoms with van der Waals surface area (Å²) in [6, 6.07) is 4.36. The molecule has 1 aromatic carbocycles. The number of methoxy groups -OCH3 is 1. The van der Waals surface area contributed by atoms with Gasteiger partial charge in [0.05, 0.1) is 20.2 Å². The highest BCUT2D eigenvalue weighted by Crippen LogP contribution is 2.21. The van der Waals surface area contributed by atoms with E-state index in [1.54, 1.807) is 38.1 Å². The third-order valence-electron chi connectivity index (χ3n) is 5.64. The quantitative estimate of drug-likeness (QED) is 0.377. The molecule has 1 aliphatic heterocycles. The van der Waals surface area contributed by atoms with Gasteiger partial charge in [0.25, 0.3) is 0 Å². The lowest BCUT2D eigenvalue weighted by molar-refractivity contribution is -0.160. The summed E-state index contributed by atoms with van der Waals surface area (Å²) >= 11 is 0. The second-order valence-corrected chi connectivity index (χ2v) is 8.76. The van der Waals surface area contributed by atoms with Crippen LogP contribution in [0.1, 0.15) is 24.2 Å². The molecule has 0 aromatic heterocycles. The van der Waals surface area contributed by atoms with Crippen molar-refractivity contribution in [3.63, 3.8) is 0 Å². The van der Waals surface area contributed by atoms with Gasteiger partial charge in [0.2, 0.25) is 11.8 Å². The van der Waals surface area contributed by atoms with Crippen molar-refractivity contribution in [2.45, 2.75) is 32.1 Å². The molecular formula is C22H30BF3N4O5. The Morgan fingerprint density at radius 1 is 1.14 bits per heavy atom. The van der Waals surface area contributed by atoms with E-state index in [0.29, 0.717) is 5.56 Å². The summed E-state index contributed by atoms with van der Waals surface area (Å²) in [5.41, 5.74) is 1.32. The van der Waals surface area contributed by atoms with Gasteiger partial charge in [-0.1, -0.05) is 43.6 Å². The van der Waals surface area contributed by atoms with Crippen LogP contribution in [0.15, 0.2) is 24.3 Å². The SMILES string of the molecule is Bc1ccc(C(=O)CNC(=O)[C@@H]2CN(CC(F)(F)F)CCN2C(=O)[C@@H](NC(=O)OC)C(C)C)cc1. The van der Waals surface area contributed by atoms with Gasteiger partial charge in [-0.15, -0.1) is 0 Å². The molecule has 0 radical (unpaired) electrons. The van der Waals surface area contributed by atoms with Gasteiger partial charge in [0, 0.05) is 25.2 Å². The van der Waals surface area contributed by atoms with Crippen LogP contribution >= 0.6 is 0 Å². The van der Waals surface area contributed by atoms with Crippen LogP contribution in [0.3, 0.4) is 0 Å². The van der Waals surface area contributed by atoms with E-state index < -0.39 is 42.7 Å². The second kappa shape index (κ2) is 12.1. The number of nitrogens with zero attached hydrogens (tertiary/aromatic N) is 2. The smallest absolute Gasteiger partial charge is 0.407 e. The normalized spacial score (nSPS) is 17.6. The monoisotopic (exact) mass is 498 g/mol. The Bertz CT molecular complexity index is 927. The second-order valence-electron chi connectivity index (χ2n) is 8.76. The molecule has 35 heavy (non-hydrogen) atoms. The number of halogens is 3. The zero-order valence-electron chi connectivity index (χ0n) is 20.1. The van der Waals surface area contributed by atoms with Crippen LogP contribution in [0.5, 0.6) is 0 Å². The lowest BCUT2D eigenvalue weighted by atomic mass is 9.94. The first-order valence-corrected chi connectivity index (χ1v) is 11.1. The Labute approximate surface area is 202 Å². The maximum absolute atomic E-state index is 13.3. The maximum Gasteiger partial charge on any atom is 0.407 e. The van der Waals surface area contributed by atoms with E-state index in [1.165, 1.54) is 0 Å². The third kappa shape index (κ3) is 8.27. The first-order valence-electron chi connectivity index (χ1n) is 11.1. The fourth-order valence-electron chi connectivity index (χ4n) is 3.73. The topological polar surface area (TPSA) is 108 Å². The number of carbonyl (C=O) groups is 4. The molecule has 0 unspecified atom stereocenters. The molecule has 2 rings (SSSR count). The van der Waals surface area contributed by atoms with E-state index in [1.807, 2.05) is 7.85 Å². The number of rotatable bonds is 8. The van der Waals surface area contributed by atoms with Gasteiger partial charge >= 0.3 is 12.3 Å². The molecule has 3 amide bonds. The van der Waals surface area contributed by atoms with Crippen LogP contribution in [-0.2, 0) is 14.3 Å². The van der Waals surface area contributed by atoms with E-state index in [2.05, 4.69) is 15.4 Å². The van der Waals surface area contributed by atoms with E-state index in [-0.39, 0.29) is 37.9 Å². The van der Waals surface area contributed by atoms with Crippen LogP contribution in [0.25, 0.3) is 0 Å². The summed E-state index contributed by atoms with van der Waals surface area (Å²) in [5.74, 6) is -2.15. The number of hydrogen-bond donors (Lipinski definition) is 2. The largest absolute Gasteiger partial charge is 0.453 e. The predicted molar refractivity (Wildman–Crippen MR) is 124 cm³/mol. The highest BCUT2D eigenvalue weighted by atomic mass is 19.4. The number of alkyl halides is 3. The number of hydrogen-bond acceptors (Lipinski definition) is 6. The minimum Gasteiger partial charge on any atom is -0.453 e. The molecule has 2 N–H and O–H groups in total. The van der Waals surface area contributed by atoms with E-state index in [0.717, 1.165) is 22.4 Å². The highest BCUT2D eigenvalue weighted by Gasteiger charge is 2.42. The summed E-state index contributed by atoms with van der Waals surface area (Å²) in [6.07, 6.45) is -5.33. The summed E-state index contributed by atoms with van der Waals surface area (Å²) < 4.78 is 43.5. The molecule has 0 saturated carbocycles. The number of carbonyl (C=O) groups excluding carboxylic acids is 4. The first-order chi connectivity index (χ1) is 16.3. The number of ketones is 1. The zero-order chi connectivity index (χ0) is 26.3. The standard InChI is InChI=1S/C22H30BF3N4O5/c1-13(2)18(28-21(34)35-3)20(33)30-9-8-29(12-22(24,25)26)11-16(30)19(32)27-10-17(31)14-4-6-15(23)7-5-14/h4-7,13,16,18H,8-12,23H2,1-3H3,(H,27,32)(H,28,34)/t16-,18-/m0/s1. The molecule has 1 aliphatic rings. The number of amides is 3. The van der Waals surface area contributed by atoms with Crippen molar-refractivity contribution in [2.24, 2.45) is 5.92 Å². The predicted octanol–water partition coefficient (Wildman–Crippen LogP) is -0.300. The lowest BCUT2D eigenvalue weighted by Gasteiger charge is -2.42. The highest BCUT2D eigenvalue weighted by molar-refractivity contribution is 6.32. The molecule has 1 fully saturated rings. The zero-order valence-corrected chi connectivity index (χ0v) is 20.1. The number of alkyl carbamates (subject to hydrolysis) is 1. The van der Waals surface area contributed by atoms with E-state index >= 15 is 0 Å². The van der Waals surface area contributed by atoms with Crippen molar-refractivity contribution >= 4 is 37.0 Å². The average molecular weight is 498 g/mol. The van der Waals surface area contributed by atoms with Crippen molar-refractivity contribution in [2.75, 3.05) is 39.8 Å². The number of piperazine rings is 1. The van der Waals surface area contributed by atoms with Crippen LogP contribution in [-0.4, -0.2) is 99.4 Å². The fraction of sp³-hybridized carbons (Fsp3) is 0.545. The Kier molecular flexibility index (Phi) is 9.69.